The first-order chi connectivity index (χ1) is 12.0. The third-order valence-electron chi connectivity index (χ3n) is 3.83. The van der Waals surface area contributed by atoms with Gasteiger partial charge in [-0.05, 0) is 43.5 Å². The minimum absolute atomic E-state index is 0.399. The van der Waals surface area contributed by atoms with Crippen LogP contribution in [0.3, 0.4) is 0 Å². The van der Waals surface area contributed by atoms with E-state index in [-0.39, 0.29) is 0 Å². The average molecular weight is 381 g/mol. The molecule has 2 N–H and O–H groups in total. The van der Waals surface area contributed by atoms with Crippen LogP contribution in [0.25, 0.3) is 0 Å². The van der Waals surface area contributed by atoms with Crippen molar-refractivity contribution in [3.8, 4) is 5.75 Å². The maximum absolute atomic E-state index is 12.4. The molecule has 26 heavy (non-hydrogen) atoms. The SMILES string of the molecule is CC(C)(O)C(=O)N[C@@H]([C@@H](Oc1ccc(Cl)cc1)n1cncn1)C(C)(C)C. The Morgan fingerprint density at radius 1 is 1.23 bits per heavy atom. The van der Waals surface area contributed by atoms with Gasteiger partial charge < -0.3 is 15.2 Å². The number of carbonyl (C=O) groups excluding carboxylic acids is 1. The van der Waals surface area contributed by atoms with E-state index in [1.54, 1.807) is 24.3 Å². The zero-order valence-electron chi connectivity index (χ0n) is 15.6. The molecule has 0 radical (unpaired) electrons. The number of carbonyl (C=O) groups is 1. The van der Waals surface area contributed by atoms with E-state index in [2.05, 4.69) is 15.4 Å². The predicted octanol–water partition coefficient (Wildman–Crippen LogP) is 2.81. The Labute approximate surface area is 158 Å². The topological polar surface area (TPSA) is 89.3 Å². The molecule has 7 nitrogen and oxygen atoms in total. The lowest BCUT2D eigenvalue weighted by Crippen LogP contribution is -2.55. The normalized spacial score (nSPS) is 14.6. The van der Waals surface area contributed by atoms with Gasteiger partial charge in [0, 0.05) is 5.02 Å². The van der Waals surface area contributed by atoms with E-state index >= 15 is 0 Å². The van der Waals surface area contributed by atoms with Crippen LogP contribution in [0.4, 0.5) is 0 Å². The summed E-state index contributed by atoms with van der Waals surface area (Å²) in [4.78, 5) is 16.4. The Morgan fingerprint density at radius 2 is 1.85 bits per heavy atom. The van der Waals surface area contributed by atoms with Crippen LogP contribution in [0.15, 0.2) is 36.9 Å². The van der Waals surface area contributed by atoms with Crippen molar-refractivity contribution in [1.82, 2.24) is 20.1 Å². The third-order valence-corrected chi connectivity index (χ3v) is 4.08. The van der Waals surface area contributed by atoms with E-state index in [4.69, 9.17) is 16.3 Å². The quantitative estimate of drug-likeness (QED) is 0.804. The van der Waals surface area contributed by atoms with Gasteiger partial charge in [-0.1, -0.05) is 32.4 Å². The van der Waals surface area contributed by atoms with E-state index in [0.29, 0.717) is 10.8 Å². The van der Waals surface area contributed by atoms with Crippen molar-refractivity contribution in [2.75, 3.05) is 0 Å². The summed E-state index contributed by atoms with van der Waals surface area (Å²) in [6.07, 6.45) is 2.25. The lowest BCUT2D eigenvalue weighted by molar-refractivity contribution is -0.140. The highest BCUT2D eigenvalue weighted by atomic mass is 35.5. The first-order valence-electron chi connectivity index (χ1n) is 8.28. The van der Waals surface area contributed by atoms with Crippen LogP contribution in [0.2, 0.25) is 5.02 Å². The molecule has 0 aliphatic heterocycles. The molecule has 2 atom stereocenters. The van der Waals surface area contributed by atoms with Crippen molar-refractivity contribution < 1.29 is 14.6 Å². The summed E-state index contributed by atoms with van der Waals surface area (Å²) in [7, 11) is 0. The summed E-state index contributed by atoms with van der Waals surface area (Å²) < 4.78 is 7.66. The van der Waals surface area contributed by atoms with Crippen LogP contribution in [-0.2, 0) is 4.79 Å². The molecule has 1 heterocycles. The van der Waals surface area contributed by atoms with E-state index in [9.17, 15) is 9.90 Å². The van der Waals surface area contributed by atoms with Gasteiger partial charge in [0.05, 0.1) is 6.04 Å². The zero-order chi connectivity index (χ0) is 19.5. The van der Waals surface area contributed by atoms with Gasteiger partial charge in [-0.15, -0.1) is 0 Å². The number of aliphatic hydroxyl groups is 1. The molecule has 2 rings (SSSR count). The summed E-state index contributed by atoms with van der Waals surface area (Å²) in [6.45, 7) is 8.78. The summed E-state index contributed by atoms with van der Waals surface area (Å²) in [5, 5.41) is 17.7. The van der Waals surface area contributed by atoms with Gasteiger partial charge in [0.2, 0.25) is 6.23 Å². The maximum atomic E-state index is 12.4. The van der Waals surface area contributed by atoms with Crippen molar-refractivity contribution in [2.24, 2.45) is 5.41 Å². The second kappa shape index (κ2) is 7.63. The van der Waals surface area contributed by atoms with Crippen LogP contribution < -0.4 is 10.1 Å². The monoisotopic (exact) mass is 380 g/mol. The van der Waals surface area contributed by atoms with Crippen LogP contribution >= 0.6 is 11.6 Å². The number of ether oxygens (including phenoxy) is 1. The number of hydrogen-bond acceptors (Lipinski definition) is 5. The molecule has 0 saturated carbocycles. The molecule has 0 spiro atoms. The number of nitrogens with zero attached hydrogens (tertiary/aromatic N) is 3. The fraction of sp³-hybridized carbons (Fsp3) is 0.500. The molecule has 0 fully saturated rings. The van der Waals surface area contributed by atoms with Crippen molar-refractivity contribution in [2.45, 2.75) is 52.5 Å². The summed E-state index contributed by atoms with van der Waals surface area (Å²) >= 11 is 5.93. The number of benzene rings is 1. The van der Waals surface area contributed by atoms with Crippen LogP contribution in [0, 0.1) is 5.41 Å². The molecule has 0 aliphatic carbocycles. The van der Waals surface area contributed by atoms with Crippen LogP contribution in [0.1, 0.15) is 40.8 Å². The molecule has 0 bridgehead atoms. The highest BCUT2D eigenvalue weighted by Gasteiger charge is 2.39. The van der Waals surface area contributed by atoms with Crippen molar-refractivity contribution in [3.63, 3.8) is 0 Å². The van der Waals surface area contributed by atoms with Crippen LogP contribution in [0.5, 0.6) is 5.75 Å². The molecular weight excluding hydrogens is 356 g/mol. The molecule has 1 aromatic carbocycles. The van der Waals surface area contributed by atoms with Gasteiger partial charge >= 0.3 is 0 Å². The molecule has 0 unspecified atom stereocenters. The first-order valence-corrected chi connectivity index (χ1v) is 8.66. The second-order valence-corrected chi connectivity index (χ2v) is 8.15. The molecule has 2 aromatic rings. The van der Waals surface area contributed by atoms with Crippen molar-refractivity contribution in [1.29, 1.82) is 0 Å². The summed E-state index contributed by atoms with van der Waals surface area (Å²) in [6, 6.07) is 6.42. The van der Waals surface area contributed by atoms with E-state index in [0.717, 1.165) is 0 Å². The number of amides is 1. The molecule has 142 valence electrons. The number of aromatic nitrogens is 3. The number of nitrogens with one attached hydrogen (secondary N) is 1. The number of halogens is 1. The Morgan fingerprint density at radius 3 is 2.31 bits per heavy atom. The zero-order valence-corrected chi connectivity index (χ0v) is 16.4. The van der Waals surface area contributed by atoms with Crippen molar-refractivity contribution >= 4 is 17.5 Å². The Kier molecular flexibility index (Phi) is 5.93. The van der Waals surface area contributed by atoms with E-state index in [1.807, 2.05) is 20.8 Å². The minimum atomic E-state index is -1.52. The second-order valence-electron chi connectivity index (χ2n) is 7.71. The van der Waals surface area contributed by atoms with Crippen LogP contribution in [-0.4, -0.2) is 37.4 Å². The van der Waals surface area contributed by atoms with Gasteiger partial charge in [-0.3, -0.25) is 4.79 Å². The lowest BCUT2D eigenvalue weighted by Gasteiger charge is -2.38. The molecule has 8 heteroatoms. The number of rotatable bonds is 6. The van der Waals surface area contributed by atoms with Gasteiger partial charge in [-0.25, -0.2) is 9.67 Å². The standard InChI is InChI=1S/C18H25ClN4O3/c1-17(2,3)14(22-16(24)18(4,5)25)15(23-11-20-10-21-23)26-13-8-6-12(19)7-9-13/h6-11,14-15,25H,1-5H3,(H,22,24)/t14-,15+/m0/s1. The molecule has 0 aliphatic rings. The van der Waals surface area contributed by atoms with E-state index in [1.165, 1.54) is 31.2 Å². The fourth-order valence-electron chi connectivity index (χ4n) is 2.31. The smallest absolute Gasteiger partial charge is 0.251 e. The highest BCUT2D eigenvalue weighted by molar-refractivity contribution is 6.30. The van der Waals surface area contributed by atoms with E-state index < -0.39 is 29.2 Å². The van der Waals surface area contributed by atoms with Gasteiger partial charge in [0.1, 0.15) is 24.0 Å². The largest absolute Gasteiger partial charge is 0.466 e. The Balaban J connectivity index is 2.38. The lowest BCUT2D eigenvalue weighted by atomic mass is 9.85. The average Bonchev–Trinajstić information content (AvgIpc) is 3.04. The molecule has 1 aromatic heterocycles. The predicted molar refractivity (Wildman–Crippen MR) is 98.8 cm³/mol. The van der Waals surface area contributed by atoms with Gasteiger partial charge in [0.15, 0.2) is 0 Å². The van der Waals surface area contributed by atoms with Crippen molar-refractivity contribution in [3.05, 3.63) is 41.9 Å². The first kappa shape index (κ1) is 20.2. The molecule has 0 saturated heterocycles. The summed E-state index contributed by atoms with van der Waals surface area (Å²) in [5.74, 6) is 0.0731. The fourth-order valence-corrected chi connectivity index (χ4v) is 2.44. The van der Waals surface area contributed by atoms with Gasteiger partial charge in [0.25, 0.3) is 5.91 Å². The summed E-state index contributed by atoms with van der Waals surface area (Å²) in [5.41, 5.74) is -1.92. The Hall–Kier alpha value is -2.12. The van der Waals surface area contributed by atoms with Gasteiger partial charge in [-0.2, -0.15) is 5.10 Å². The highest BCUT2D eigenvalue weighted by Crippen LogP contribution is 2.31. The molecule has 1 amide bonds. The maximum Gasteiger partial charge on any atom is 0.251 e. The molecular formula is C18H25ClN4O3. The third kappa shape index (κ3) is 5.19. The number of hydrogen-bond donors (Lipinski definition) is 2. The Bertz CT molecular complexity index is 718. The minimum Gasteiger partial charge on any atom is -0.466 e.